The Kier molecular flexibility index (Phi) is 10.1. The van der Waals surface area contributed by atoms with Crippen molar-refractivity contribution in [1.29, 1.82) is 0 Å². The van der Waals surface area contributed by atoms with Gasteiger partial charge < -0.3 is 4.74 Å². The van der Waals surface area contributed by atoms with Crippen molar-refractivity contribution in [3.05, 3.63) is 35.5 Å². The van der Waals surface area contributed by atoms with Gasteiger partial charge in [0.15, 0.2) is 0 Å². The molecule has 0 N–H and O–H groups in total. The van der Waals surface area contributed by atoms with Gasteiger partial charge in [-0.1, -0.05) is 83.3 Å². The number of rotatable bonds is 13. The maximum absolute atomic E-state index is 12.6. The largest absolute Gasteiger partial charge is 0.494 e. The van der Waals surface area contributed by atoms with Gasteiger partial charge in [0.1, 0.15) is 17.3 Å². The summed E-state index contributed by atoms with van der Waals surface area (Å²) in [5.41, 5.74) is 1.56. The van der Waals surface area contributed by atoms with Crippen LogP contribution in [0, 0.1) is 0 Å². The van der Waals surface area contributed by atoms with Gasteiger partial charge in [0, 0.05) is 13.0 Å². The van der Waals surface area contributed by atoms with E-state index >= 15 is 0 Å². The first-order chi connectivity index (χ1) is 15.3. The Hall–Kier alpha value is -2.10. The zero-order chi connectivity index (χ0) is 21.7. The molecular weight excluding hydrogens is 384 g/mol. The summed E-state index contributed by atoms with van der Waals surface area (Å²) in [4.78, 5) is 19.1. The second-order valence-electron chi connectivity index (χ2n) is 8.92. The van der Waals surface area contributed by atoms with E-state index in [0.717, 1.165) is 56.0 Å². The summed E-state index contributed by atoms with van der Waals surface area (Å²) in [5, 5.41) is 0. The highest BCUT2D eigenvalue weighted by molar-refractivity contribution is 6.14. The Bertz CT molecular complexity index is 736. The molecule has 0 atom stereocenters. The van der Waals surface area contributed by atoms with Gasteiger partial charge in [-0.2, -0.15) is 0 Å². The molecule has 0 unspecified atom stereocenters. The van der Waals surface area contributed by atoms with Crippen LogP contribution in [0.25, 0.3) is 6.08 Å². The third kappa shape index (κ3) is 7.83. The fourth-order valence-corrected chi connectivity index (χ4v) is 4.35. The fraction of sp³-hybridized carbons (Fsp3) is 0.630. The van der Waals surface area contributed by atoms with E-state index in [1.54, 1.807) is 0 Å². The highest BCUT2D eigenvalue weighted by Gasteiger charge is 2.30. The van der Waals surface area contributed by atoms with Gasteiger partial charge in [-0.3, -0.25) is 9.69 Å². The number of nitrogens with zero attached hydrogens (tertiary/aromatic N) is 2. The molecule has 4 nitrogen and oxygen atoms in total. The summed E-state index contributed by atoms with van der Waals surface area (Å²) in [6.07, 6.45) is 19.5. The van der Waals surface area contributed by atoms with E-state index in [1.807, 2.05) is 35.2 Å². The van der Waals surface area contributed by atoms with Crippen molar-refractivity contribution in [2.45, 2.75) is 96.8 Å². The Morgan fingerprint density at radius 3 is 2.29 bits per heavy atom. The number of hydrogen-bond acceptors (Lipinski definition) is 3. The molecule has 2 heterocycles. The zero-order valence-corrected chi connectivity index (χ0v) is 19.4. The average molecular weight is 425 g/mol. The van der Waals surface area contributed by atoms with Crippen molar-refractivity contribution in [2.75, 3.05) is 13.2 Å². The first-order valence-corrected chi connectivity index (χ1v) is 12.6. The predicted octanol–water partition coefficient (Wildman–Crippen LogP) is 7.14. The Labute approximate surface area is 188 Å². The minimum atomic E-state index is 0.0539. The number of fused-ring (bicyclic) bond motifs is 1. The number of aliphatic imine (C=N–C) groups is 1. The summed E-state index contributed by atoms with van der Waals surface area (Å²) >= 11 is 0. The molecule has 1 aromatic rings. The van der Waals surface area contributed by atoms with E-state index in [-0.39, 0.29) is 5.91 Å². The lowest BCUT2D eigenvalue weighted by Gasteiger charge is -2.14. The Balaban J connectivity index is 1.33. The molecule has 0 radical (unpaired) electrons. The molecule has 0 bridgehead atoms. The third-order valence-corrected chi connectivity index (χ3v) is 6.26. The maximum Gasteiger partial charge on any atom is 0.277 e. The van der Waals surface area contributed by atoms with Crippen LogP contribution in [0.2, 0.25) is 0 Å². The maximum atomic E-state index is 12.6. The lowest BCUT2D eigenvalue weighted by molar-refractivity contribution is -0.122. The molecule has 0 saturated carbocycles. The van der Waals surface area contributed by atoms with E-state index < -0.39 is 0 Å². The number of benzene rings is 1. The van der Waals surface area contributed by atoms with Crippen LogP contribution in [0.5, 0.6) is 5.75 Å². The molecular formula is C27H40N2O2. The molecule has 1 fully saturated rings. The number of carbonyl (C=O) groups excluding carboxylic acids is 1. The zero-order valence-electron chi connectivity index (χ0n) is 19.4. The second kappa shape index (κ2) is 13.3. The summed E-state index contributed by atoms with van der Waals surface area (Å²) in [5.74, 6) is 1.90. The van der Waals surface area contributed by atoms with Crippen LogP contribution in [-0.2, 0) is 4.79 Å². The molecule has 0 aliphatic carbocycles. The Morgan fingerprint density at radius 1 is 0.903 bits per heavy atom. The van der Waals surface area contributed by atoms with Crippen molar-refractivity contribution < 1.29 is 9.53 Å². The number of amidine groups is 1. The summed E-state index contributed by atoms with van der Waals surface area (Å²) in [6.45, 7) is 3.85. The molecule has 3 rings (SSSR count). The number of amides is 1. The smallest absolute Gasteiger partial charge is 0.277 e. The molecule has 0 aromatic heterocycles. The van der Waals surface area contributed by atoms with E-state index in [9.17, 15) is 4.79 Å². The van der Waals surface area contributed by atoms with Crippen molar-refractivity contribution in [3.63, 3.8) is 0 Å². The van der Waals surface area contributed by atoms with E-state index in [1.165, 1.54) is 64.2 Å². The average Bonchev–Trinajstić information content (AvgIpc) is 2.94. The van der Waals surface area contributed by atoms with Crippen LogP contribution in [0.1, 0.15) is 102 Å². The molecule has 1 aromatic carbocycles. The van der Waals surface area contributed by atoms with Gasteiger partial charge in [-0.25, -0.2) is 4.99 Å². The van der Waals surface area contributed by atoms with Crippen molar-refractivity contribution >= 4 is 17.8 Å². The number of carbonyl (C=O) groups is 1. The van der Waals surface area contributed by atoms with Crippen LogP contribution in [-0.4, -0.2) is 29.8 Å². The minimum Gasteiger partial charge on any atom is -0.494 e. The van der Waals surface area contributed by atoms with Crippen molar-refractivity contribution in [2.24, 2.45) is 4.99 Å². The predicted molar refractivity (Wildman–Crippen MR) is 129 cm³/mol. The molecule has 1 amide bonds. The molecule has 4 heteroatoms. The van der Waals surface area contributed by atoms with Crippen molar-refractivity contribution in [1.82, 2.24) is 4.90 Å². The molecule has 2 aliphatic rings. The Morgan fingerprint density at radius 2 is 1.58 bits per heavy atom. The van der Waals surface area contributed by atoms with Crippen LogP contribution in [0.15, 0.2) is 35.0 Å². The molecule has 170 valence electrons. The summed E-state index contributed by atoms with van der Waals surface area (Å²) in [7, 11) is 0. The van der Waals surface area contributed by atoms with E-state index in [4.69, 9.17) is 4.74 Å². The highest BCUT2D eigenvalue weighted by Crippen LogP contribution is 2.24. The summed E-state index contributed by atoms with van der Waals surface area (Å²) < 4.78 is 5.89. The highest BCUT2D eigenvalue weighted by atomic mass is 16.5. The van der Waals surface area contributed by atoms with Gasteiger partial charge in [0.25, 0.3) is 5.91 Å². The first kappa shape index (κ1) is 23.6. The molecule has 0 spiro atoms. The van der Waals surface area contributed by atoms with Crippen LogP contribution >= 0.6 is 0 Å². The van der Waals surface area contributed by atoms with Gasteiger partial charge in [0.2, 0.25) is 0 Å². The lowest BCUT2D eigenvalue weighted by atomic mass is 10.1. The molecule has 31 heavy (non-hydrogen) atoms. The molecule has 1 saturated heterocycles. The van der Waals surface area contributed by atoms with Crippen LogP contribution in [0.3, 0.4) is 0 Å². The number of ether oxygens (including phenoxy) is 1. The SMILES string of the molecule is CCCCCCCCCCCCOc1ccc(/C=C2/N=C3CCCCCN3C2=O)cc1. The normalized spacial score (nSPS) is 17.6. The fourth-order valence-electron chi connectivity index (χ4n) is 4.35. The number of hydrogen-bond donors (Lipinski definition) is 0. The third-order valence-electron chi connectivity index (χ3n) is 6.26. The van der Waals surface area contributed by atoms with Gasteiger partial charge in [-0.15, -0.1) is 0 Å². The first-order valence-electron chi connectivity index (χ1n) is 12.6. The second-order valence-corrected chi connectivity index (χ2v) is 8.92. The number of unbranched alkanes of at least 4 members (excludes halogenated alkanes) is 9. The van der Waals surface area contributed by atoms with Gasteiger partial charge >= 0.3 is 0 Å². The van der Waals surface area contributed by atoms with Crippen LogP contribution in [0.4, 0.5) is 0 Å². The van der Waals surface area contributed by atoms with Crippen LogP contribution < -0.4 is 4.74 Å². The topological polar surface area (TPSA) is 41.9 Å². The van der Waals surface area contributed by atoms with E-state index in [2.05, 4.69) is 11.9 Å². The standard InChI is InChI=1S/C27H40N2O2/c1-2-3-4-5-6-7-8-9-10-14-21-31-24-18-16-23(17-19-24)22-25-27(30)29-20-13-11-12-15-26(29)28-25/h16-19,22H,2-15,20-21H2,1H3/b25-22+. The molecule has 2 aliphatic heterocycles. The van der Waals surface area contributed by atoms with E-state index in [0.29, 0.717) is 5.70 Å². The summed E-state index contributed by atoms with van der Waals surface area (Å²) in [6, 6.07) is 8.01. The monoisotopic (exact) mass is 424 g/mol. The van der Waals surface area contributed by atoms with Crippen molar-refractivity contribution in [3.8, 4) is 5.75 Å². The van der Waals surface area contributed by atoms with Gasteiger partial charge in [0.05, 0.1) is 6.61 Å². The minimum absolute atomic E-state index is 0.0539. The lowest BCUT2D eigenvalue weighted by Crippen LogP contribution is -2.31. The quantitative estimate of drug-likeness (QED) is 0.249. The van der Waals surface area contributed by atoms with Gasteiger partial charge in [-0.05, 0) is 43.0 Å².